The first-order valence-corrected chi connectivity index (χ1v) is 11.0. The molecule has 0 unspecified atom stereocenters. The van der Waals surface area contributed by atoms with Crippen LogP contribution in [0.2, 0.25) is 0 Å². The molecule has 1 atom stereocenters. The number of sulfonamides is 1. The van der Waals surface area contributed by atoms with Gasteiger partial charge in [-0.25, -0.2) is 13.1 Å². The Balaban J connectivity index is 1.67. The lowest BCUT2D eigenvalue weighted by molar-refractivity contribution is 0.412. The lowest BCUT2D eigenvalue weighted by atomic mass is 9.88. The predicted molar refractivity (Wildman–Crippen MR) is 106 cm³/mol. The second-order valence-electron chi connectivity index (χ2n) is 6.69. The van der Waals surface area contributed by atoms with Crippen LogP contribution in [0.5, 0.6) is 5.75 Å². The van der Waals surface area contributed by atoms with Crippen molar-refractivity contribution in [3.8, 4) is 5.75 Å². The highest BCUT2D eigenvalue weighted by Crippen LogP contribution is 2.33. The molecular weight excluding hydrogens is 384 g/mol. The van der Waals surface area contributed by atoms with E-state index < -0.39 is 10.0 Å². The monoisotopic (exact) mass is 404 g/mol. The number of benzene rings is 2. The SMILES string of the molecule is COc1ccc2c(c1)CCC[C@@H]2NS(=O)(=O)c1ccc2c(c1)sc(=O)n2C. The Kier molecular flexibility index (Phi) is 4.57. The van der Waals surface area contributed by atoms with Crippen LogP contribution in [-0.4, -0.2) is 20.1 Å². The molecule has 1 N–H and O–H groups in total. The molecule has 0 fully saturated rings. The van der Waals surface area contributed by atoms with E-state index in [2.05, 4.69) is 4.72 Å². The maximum atomic E-state index is 13.0. The molecule has 6 nitrogen and oxygen atoms in total. The minimum absolute atomic E-state index is 0.109. The summed E-state index contributed by atoms with van der Waals surface area (Å²) in [7, 11) is -0.394. The summed E-state index contributed by atoms with van der Waals surface area (Å²) in [5, 5.41) is 0. The van der Waals surface area contributed by atoms with E-state index in [1.54, 1.807) is 32.4 Å². The van der Waals surface area contributed by atoms with Crippen molar-refractivity contribution >= 4 is 31.6 Å². The number of thiazole rings is 1. The first kappa shape index (κ1) is 18.2. The molecule has 3 aromatic rings. The van der Waals surface area contributed by atoms with Gasteiger partial charge in [0.15, 0.2) is 0 Å². The van der Waals surface area contributed by atoms with Crippen LogP contribution in [0.1, 0.15) is 30.0 Å². The second kappa shape index (κ2) is 6.78. The van der Waals surface area contributed by atoms with Gasteiger partial charge in [0.1, 0.15) is 5.75 Å². The molecule has 0 bridgehead atoms. The number of rotatable bonds is 4. The zero-order valence-electron chi connectivity index (χ0n) is 15.1. The number of ether oxygens (including phenoxy) is 1. The summed E-state index contributed by atoms with van der Waals surface area (Å²) in [4.78, 5) is 11.9. The van der Waals surface area contributed by atoms with Crippen LogP contribution in [0.4, 0.5) is 0 Å². The Bertz CT molecular complexity index is 1180. The van der Waals surface area contributed by atoms with Gasteiger partial charge in [-0.3, -0.25) is 4.79 Å². The Hall–Kier alpha value is -2.16. The molecule has 1 heterocycles. The number of aryl methyl sites for hydroxylation is 2. The van der Waals surface area contributed by atoms with Gasteiger partial charge in [0, 0.05) is 13.1 Å². The first-order chi connectivity index (χ1) is 12.9. The fourth-order valence-electron chi connectivity index (χ4n) is 3.58. The van der Waals surface area contributed by atoms with Crippen LogP contribution >= 0.6 is 11.3 Å². The number of fused-ring (bicyclic) bond motifs is 2. The highest BCUT2D eigenvalue weighted by atomic mass is 32.2. The minimum Gasteiger partial charge on any atom is -0.497 e. The Morgan fingerprint density at radius 2 is 2.04 bits per heavy atom. The Labute approximate surface area is 161 Å². The summed E-state index contributed by atoms with van der Waals surface area (Å²) in [5.74, 6) is 0.779. The highest BCUT2D eigenvalue weighted by molar-refractivity contribution is 7.89. The van der Waals surface area contributed by atoms with Crippen molar-refractivity contribution in [1.29, 1.82) is 0 Å². The third-order valence-electron chi connectivity index (χ3n) is 5.04. The zero-order valence-corrected chi connectivity index (χ0v) is 16.7. The maximum absolute atomic E-state index is 13.0. The van der Waals surface area contributed by atoms with E-state index in [-0.39, 0.29) is 15.8 Å². The van der Waals surface area contributed by atoms with E-state index in [1.807, 2.05) is 18.2 Å². The number of hydrogen-bond acceptors (Lipinski definition) is 5. The molecule has 1 aromatic heterocycles. The molecule has 27 heavy (non-hydrogen) atoms. The van der Waals surface area contributed by atoms with Gasteiger partial charge in [-0.1, -0.05) is 17.4 Å². The van der Waals surface area contributed by atoms with Crippen molar-refractivity contribution in [3.63, 3.8) is 0 Å². The molecule has 1 aliphatic rings. The largest absolute Gasteiger partial charge is 0.497 e. The van der Waals surface area contributed by atoms with Gasteiger partial charge in [0.05, 0.1) is 22.2 Å². The van der Waals surface area contributed by atoms with E-state index in [9.17, 15) is 13.2 Å². The van der Waals surface area contributed by atoms with Crippen LogP contribution in [0, 0.1) is 0 Å². The van der Waals surface area contributed by atoms with Gasteiger partial charge < -0.3 is 9.30 Å². The normalized spacial score (nSPS) is 17.0. The lowest BCUT2D eigenvalue weighted by Crippen LogP contribution is -2.31. The number of methoxy groups -OCH3 is 1. The Morgan fingerprint density at radius 3 is 2.81 bits per heavy atom. The summed E-state index contributed by atoms with van der Waals surface area (Å²) >= 11 is 1.05. The topological polar surface area (TPSA) is 77.4 Å². The molecule has 0 aliphatic heterocycles. The number of nitrogens with zero attached hydrogens (tertiary/aromatic N) is 1. The van der Waals surface area contributed by atoms with Crippen molar-refractivity contribution in [2.45, 2.75) is 30.2 Å². The van der Waals surface area contributed by atoms with E-state index in [0.29, 0.717) is 4.70 Å². The average molecular weight is 405 g/mol. The molecule has 2 aromatic carbocycles. The van der Waals surface area contributed by atoms with Gasteiger partial charge in [0.25, 0.3) is 0 Å². The third-order valence-corrected chi connectivity index (χ3v) is 7.50. The molecular formula is C19H20N2O4S2. The summed E-state index contributed by atoms with van der Waals surface area (Å²) in [5.41, 5.74) is 2.85. The van der Waals surface area contributed by atoms with E-state index in [1.165, 1.54) is 4.57 Å². The van der Waals surface area contributed by atoms with Crippen LogP contribution < -0.4 is 14.3 Å². The van der Waals surface area contributed by atoms with Crippen molar-refractivity contribution < 1.29 is 13.2 Å². The van der Waals surface area contributed by atoms with Crippen molar-refractivity contribution in [2.24, 2.45) is 7.05 Å². The quantitative estimate of drug-likeness (QED) is 0.725. The molecule has 1 aliphatic carbocycles. The van der Waals surface area contributed by atoms with E-state index >= 15 is 0 Å². The highest BCUT2D eigenvalue weighted by Gasteiger charge is 2.26. The summed E-state index contributed by atoms with van der Waals surface area (Å²) in [6.07, 6.45) is 2.57. The fraction of sp³-hybridized carbons (Fsp3) is 0.316. The van der Waals surface area contributed by atoms with Crippen LogP contribution in [0.3, 0.4) is 0 Å². The van der Waals surface area contributed by atoms with Crippen molar-refractivity contribution in [3.05, 3.63) is 57.2 Å². The number of aromatic nitrogens is 1. The van der Waals surface area contributed by atoms with Crippen molar-refractivity contribution in [1.82, 2.24) is 9.29 Å². The predicted octanol–water partition coefficient (Wildman–Crippen LogP) is 2.96. The van der Waals surface area contributed by atoms with Gasteiger partial charge in [-0.15, -0.1) is 0 Å². The summed E-state index contributed by atoms with van der Waals surface area (Å²) < 4.78 is 36.2. The van der Waals surface area contributed by atoms with Crippen LogP contribution in [0.25, 0.3) is 10.2 Å². The number of nitrogens with one attached hydrogen (secondary N) is 1. The molecule has 0 amide bonds. The third kappa shape index (κ3) is 3.28. The molecule has 0 saturated heterocycles. The molecule has 8 heteroatoms. The first-order valence-electron chi connectivity index (χ1n) is 8.68. The molecule has 0 radical (unpaired) electrons. The number of hydrogen-bond donors (Lipinski definition) is 1. The van der Waals surface area contributed by atoms with E-state index in [4.69, 9.17) is 4.74 Å². The zero-order chi connectivity index (χ0) is 19.2. The fourth-order valence-corrected chi connectivity index (χ4v) is 5.85. The standard InChI is InChI=1S/C19H20N2O4S2/c1-21-17-9-7-14(11-18(17)26-19(21)22)27(23,24)20-16-5-3-4-12-10-13(25-2)6-8-15(12)16/h6-11,16,20H,3-5H2,1-2H3/t16-/m0/s1. The maximum Gasteiger partial charge on any atom is 0.307 e. The van der Waals surface area contributed by atoms with E-state index in [0.717, 1.165) is 53.0 Å². The molecule has 142 valence electrons. The molecule has 4 rings (SSSR count). The lowest BCUT2D eigenvalue weighted by Gasteiger charge is -2.26. The summed E-state index contributed by atoms with van der Waals surface area (Å²) in [6, 6.07) is 10.3. The minimum atomic E-state index is -3.70. The van der Waals surface area contributed by atoms with Gasteiger partial charge in [-0.2, -0.15) is 0 Å². The van der Waals surface area contributed by atoms with Crippen LogP contribution in [-0.2, 0) is 23.5 Å². The second-order valence-corrected chi connectivity index (χ2v) is 9.39. The van der Waals surface area contributed by atoms with Crippen LogP contribution in [0.15, 0.2) is 46.1 Å². The smallest absolute Gasteiger partial charge is 0.307 e. The van der Waals surface area contributed by atoms with Gasteiger partial charge >= 0.3 is 4.87 Å². The van der Waals surface area contributed by atoms with Gasteiger partial charge in [0.2, 0.25) is 10.0 Å². The Morgan fingerprint density at radius 1 is 1.22 bits per heavy atom. The molecule has 0 spiro atoms. The van der Waals surface area contributed by atoms with Crippen molar-refractivity contribution in [2.75, 3.05) is 7.11 Å². The molecule has 0 saturated carbocycles. The van der Waals surface area contributed by atoms with Gasteiger partial charge in [-0.05, 0) is 60.7 Å². The average Bonchev–Trinajstić information content (AvgIpc) is 2.95. The summed E-state index contributed by atoms with van der Waals surface area (Å²) in [6.45, 7) is 0.